The largest absolute Gasteiger partial charge is 0.475 e. The number of carboxylic acids is 1. The zero-order valence-electron chi connectivity index (χ0n) is 9.91. The van der Waals surface area contributed by atoms with Crippen molar-refractivity contribution in [2.24, 2.45) is 0 Å². The number of aromatic carboxylic acids is 1. The van der Waals surface area contributed by atoms with E-state index in [2.05, 4.69) is 25.6 Å². The van der Waals surface area contributed by atoms with Crippen molar-refractivity contribution in [3.63, 3.8) is 0 Å². The van der Waals surface area contributed by atoms with E-state index in [4.69, 9.17) is 9.52 Å². The monoisotopic (exact) mass is 360 g/mol. The summed E-state index contributed by atoms with van der Waals surface area (Å²) >= 11 is 2.89. The molecule has 106 valence electrons. The van der Waals surface area contributed by atoms with Gasteiger partial charge in [-0.25, -0.2) is 17.9 Å². The summed E-state index contributed by atoms with van der Waals surface area (Å²) in [6.07, 6.45) is 3.08. The Morgan fingerprint density at radius 1 is 1.40 bits per heavy atom. The van der Waals surface area contributed by atoms with Crippen LogP contribution in [0.25, 0.3) is 0 Å². The third-order valence-corrected chi connectivity index (χ3v) is 4.63. The first-order valence-electron chi connectivity index (χ1n) is 5.31. The summed E-state index contributed by atoms with van der Waals surface area (Å²) in [5, 5.41) is 8.76. The number of furan rings is 1. The van der Waals surface area contributed by atoms with Crippen molar-refractivity contribution in [1.82, 2.24) is 9.71 Å². The smallest absolute Gasteiger partial charge is 0.371 e. The molecule has 7 nitrogen and oxygen atoms in total. The highest BCUT2D eigenvalue weighted by molar-refractivity contribution is 9.10. The van der Waals surface area contributed by atoms with Gasteiger partial charge in [-0.05, 0) is 33.6 Å². The average molecular weight is 361 g/mol. The predicted molar refractivity (Wildman–Crippen MR) is 71.6 cm³/mol. The van der Waals surface area contributed by atoms with E-state index < -0.39 is 21.8 Å². The molecular weight excluding hydrogens is 352 g/mol. The second-order valence-electron chi connectivity index (χ2n) is 3.73. The molecule has 2 N–H and O–H groups in total. The van der Waals surface area contributed by atoms with Crippen molar-refractivity contribution in [3.8, 4) is 0 Å². The minimum atomic E-state index is -3.88. The Balaban J connectivity index is 2.20. The predicted octanol–water partition coefficient (Wildman–Crippen LogP) is 1.61. The topological polar surface area (TPSA) is 110 Å². The Morgan fingerprint density at radius 2 is 2.05 bits per heavy atom. The molecule has 0 radical (unpaired) electrons. The summed E-state index contributed by atoms with van der Waals surface area (Å²) in [6, 6.07) is 4.27. The van der Waals surface area contributed by atoms with Crippen molar-refractivity contribution in [3.05, 3.63) is 46.6 Å². The fraction of sp³-hybridized carbons (Fsp3) is 0.0909. The van der Waals surface area contributed by atoms with Gasteiger partial charge in [0.25, 0.3) is 0 Å². The van der Waals surface area contributed by atoms with E-state index >= 15 is 0 Å². The van der Waals surface area contributed by atoms with Gasteiger partial charge in [-0.15, -0.1) is 0 Å². The maximum absolute atomic E-state index is 12.1. The van der Waals surface area contributed by atoms with Gasteiger partial charge in [-0.1, -0.05) is 0 Å². The maximum Gasteiger partial charge on any atom is 0.371 e. The fourth-order valence-corrected chi connectivity index (χ4v) is 3.35. The number of aromatic nitrogens is 1. The number of sulfonamides is 1. The molecule has 20 heavy (non-hydrogen) atoms. The third kappa shape index (κ3) is 3.24. The molecule has 0 unspecified atom stereocenters. The van der Waals surface area contributed by atoms with Gasteiger partial charge in [0.1, 0.15) is 4.90 Å². The van der Waals surface area contributed by atoms with Gasteiger partial charge in [-0.2, -0.15) is 0 Å². The highest BCUT2D eigenvalue weighted by Gasteiger charge is 2.24. The number of carboxylic acid groups (broad SMARTS) is 1. The van der Waals surface area contributed by atoms with Crippen LogP contribution >= 0.6 is 15.9 Å². The summed E-state index contributed by atoms with van der Waals surface area (Å²) in [7, 11) is -3.88. The number of hydrogen-bond acceptors (Lipinski definition) is 5. The standard InChI is InChI=1S/C11H9BrN2O5S/c12-10-9(5-8(19-10)11(15)16)20(17,18)14-6-7-1-3-13-4-2-7/h1-5,14H,6H2,(H,15,16). The SMILES string of the molecule is O=C(O)c1cc(S(=O)(=O)NCc2ccncc2)c(Br)o1. The van der Waals surface area contributed by atoms with E-state index in [0.717, 1.165) is 11.6 Å². The quantitative estimate of drug-likeness (QED) is 0.838. The van der Waals surface area contributed by atoms with Gasteiger partial charge in [-0.3, -0.25) is 4.98 Å². The normalized spacial score (nSPS) is 11.4. The zero-order chi connectivity index (χ0) is 14.8. The van der Waals surface area contributed by atoms with Crippen LogP contribution in [0, 0.1) is 0 Å². The molecule has 0 aliphatic carbocycles. The zero-order valence-corrected chi connectivity index (χ0v) is 12.3. The highest BCUT2D eigenvalue weighted by atomic mass is 79.9. The summed E-state index contributed by atoms with van der Waals surface area (Å²) in [5.41, 5.74) is 0.724. The van der Waals surface area contributed by atoms with Crippen molar-refractivity contribution < 1.29 is 22.7 Å². The van der Waals surface area contributed by atoms with Gasteiger partial charge >= 0.3 is 5.97 Å². The maximum atomic E-state index is 12.1. The summed E-state index contributed by atoms with van der Waals surface area (Å²) in [5.74, 6) is -1.80. The lowest BCUT2D eigenvalue weighted by molar-refractivity contribution is 0.0661. The summed E-state index contributed by atoms with van der Waals surface area (Å²) < 4.78 is 31.1. The molecule has 0 spiro atoms. The van der Waals surface area contributed by atoms with Crippen LogP contribution in [-0.4, -0.2) is 24.5 Å². The number of rotatable bonds is 5. The van der Waals surface area contributed by atoms with Crippen LogP contribution in [0.2, 0.25) is 0 Å². The van der Waals surface area contributed by atoms with Crippen molar-refractivity contribution in [2.75, 3.05) is 0 Å². The van der Waals surface area contributed by atoms with Crippen LogP contribution in [0.3, 0.4) is 0 Å². The number of nitrogens with zero attached hydrogens (tertiary/aromatic N) is 1. The number of hydrogen-bond donors (Lipinski definition) is 2. The minimum Gasteiger partial charge on any atom is -0.475 e. The van der Waals surface area contributed by atoms with Gasteiger partial charge in [0.15, 0.2) is 4.67 Å². The van der Waals surface area contributed by atoms with Crippen LogP contribution in [0.5, 0.6) is 0 Å². The number of halogens is 1. The van der Waals surface area contributed by atoms with Crippen molar-refractivity contribution >= 4 is 31.9 Å². The fourth-order valence-electron chi connectivity index (χ4n) is 1.40. The van der Waals surface area contributed by atoms with Crippen molar-refractivity contribution in [2.45, 2.75) is 11.4 Å². The first-order valence-corrected chi connectivity index (χ1v) is 7.59. The second-order valence-corrected chi connectivity index (χ2v) is 6.19. The molecule has 0 saturated carbocycles. The number of nitrogens with one attached hydrogen (secondary N) is 1. The van der Waals surface area contributed by atoms with Gasteiger partial charge in [0.2, 0.25) is 15.8 Å². The first-order chi connectivity index (χ1) is 9.40. The van der Waals surface area contributed by atoms with Crippen LogP contribution < -0.4 is 4.72 Å². The minimum absolute atomic E-state index is 0.0604. The van der Waals surface area contributed by atoms with E-state index in [1.54, 1.807) is 24.5 Å². The molecule has 9 heteroatoms. The Bertz CT molecular complexity index is 727. The molecule has 2 rings (SSSR count). The average Bonchev–Trinajstić information content (AvgIpc) is 2.81. The molecule has 2 heterocycles. The van der Waals surface area contributed by atoms with E-state index in [1.807, 2.05) is 0 Å². The van der Waals surface area contributed by atoms with Gasteiger partial charge in [0.05, 0.1) is 0 Å². The van der Waals surface area contributed by atoms with Gasteiger partial charge < -0.3 is 9.52 Å². The molecule has 0 aliphatic heterocycles. The third-order valence-electron chi connectivity index (χ3n) is 2.37. The molecule has 0 amide bonds. The van der Waals surface area contributed by atoms with Crippen LogP contribution in [-0.2, 0) is 16.6 Å². The molecule has 0 atom stereocenters. The number of pyridine rings is 1. The molecule has 0 bridgehead atoms. The molecule has 2 aromatic rings. The first kappa shape index (κ1) is 14.7. The van der Waals surface area contributed by atoms with Crippen molar-refractivity contribution in [1.29, 1.82) is 0 Å². The van der Waals surface area contributed by atoms with E-state index in [1.165, 1.54) is 0 Å². The Labute approximate surface area is 122 Å². The lowest BCUT2D eigenvalue weighted by atomic mass is 10.3. The molecule has 0 saturated heterocycles. The van der Waals surface area contributed by atoms with E-state index in [9.17, 15) is 13.2 Å². The summed E-state index contributed by atoms with van der Waals surface area (Å²) in [6.45, 7) is 0.0604. The lowest BCUT2D eigenvalue weighted by Crippen LogP contribution is -2.23. The Hall–Kier alpha value is -1.71. The Morgan fingerprint density at radius 3 is 2.60 bits per heavy atom. The van der Waals surface area contributed by atoms with E-state index in [0.29, 0.717) is 0 Å². The van der Waals surface area contributed by atoms with E-state index in [-0.39, 0.29) is 16.1 Å². The molecule has 0 aliphatic rings. The molecule has 2 aromatic heterocycles. The Kier molecular flexibility index (Phi) is 4.21. The summed E-state index contributed by atoms with van der Waals surface area (Å²) in [4.78, 5) is 14.3. The van der Waals surface area contributed by atoms with Crippen LogP contribution in [0.15, 0.2) is 44.6 Å². The van der Waals surface area contributed by atoms with Crippen LogP contribution in [0.4, 0.5) is 0 Å². The lowest BCUT2D eigenvalue weighted by Gasteiger charge is -2.04. The molecule has 0 aromatic carbocycles. The van der Waals surface area contributed by atoms with Crippen LogP contribution in [0.1, 0.15) is 16.1 Å². The molecule has 0 fully saturated rings. The number of carbonyl (C=O) groups is 1. The molecular formula is C11H9BrN2O5S. The highest BCUT2D eigenvalue weighted by Crippen LogP contribution is 2.26. The van der Waals surface area contributed by atoms with Gasteiger partial charge in [0, 0.05) is 25.0 Å². The second kappa shape index (κ2) is 5.73.